The molecule has 0 radical (unpaired) electrons. The Morgan fingerprint density at radius 2 is 1.88 bits per heavy atom. The topological polar surface area (TPSA) is 90.3 Å². The van der Waals surface area contributed by atoms with E-state index in [1.165, 1.54) is 11.3 Å². The van der Waals surface area contributed by atoms with Crippen LogP contribution in [-0.2, 0) is 27.7 Å². The van der Waals surface area contributed by atoms with Crippen molar-refractivity contribution < 1.29 is 17.9 Å². The number of hydrogen-bond acceptors (Lipinski definition) is 6. The van der Waals surface area contributed by atoms with Crippen molar-refractivity contribution in [3.8, 4) is 11.1 Å². The number of amides is 1. The Morgan fingerprint density at radius 3 is 2.47 bits per heavy atom. The molecule has 0 fully saturated rings. The summed E-state index contributed by atoms with van der Waals surface area (Å²) in [6.07, 6.45) is 3.51. The van der Waals surface area contributed by atoms with Gasteiger partial charge < -0.3 is 9.30 Å². The highest BCUT2D eigenvalue weighted by atomic mass is 32.2. The van der Waals surface area contributed by atoms with Crippen molar-refractivity contribution >= 4 is 27.5 Å². The second-order valence-electron chi connectivity index (χ2n) is 8.37. The number of imidazole rings is 1. The van der Waals surface area contributed by atoms with Crippen molar-refractivity contribution in [3.05, 3.63) is 59.0 Å². The van der Waals surface area contributed by atoms with E-state index < -0.39 is 16.1 Å². The summed E-state index contributed by atoms with van der Waals surface area (Å²) >= 11 is 1.18. The fourth-order valence-electron chi connectivity index (χ4n) is 3.47. The van der Waals surface area contributed by atoms with Crippen molar-refractivity contribution in [2.45, 2.75) is 50.8 Å². The molecule has 1 N–H and O–H groups in total. The molecule has 1 aromatic carbocycles. The first-order valence-corrected chi connectivity index (χ1v) is 12.7. The van der Waals surface area contributed by atoms with Crippen molar-refractivity contribution in [1.82, 2.24) is 14.3 Å². The summed E-state index contributed by atoms with van der Waals surface area (Å²) in [5.41, 5.74) is 2.45. The van der Waals surface area contributed by atoms with Crippen molar-refractivity contribution in [2.24, 2.45) is 5.92 Å². The number of hydrogen-bond donors (Lipinski definition) is 1. The van der Waals surface area contributed by atoms with Gasteiger partial charge in [-0.2, -0.15) is 0 Å². The first-order valence-electron chi connectivity index (χ1n) is 10.4. The average Bonchev–Trinajstić information content (AvgIpc) is 3.35. The quantitative estimate of drug-likeness (QED) is 0.494. The molecule has 9 heteroatoms. The van der Waals surface area contributed by atoms with Crippen LogP contribution in [0.3, 0.4) is 0 Å². The molecule has 0 spiro atoms. The van der Waals surface area contributed by atoms with Crippen molar-refractivity contribution in [3.63, 3.8) is 0 Å². The minimum Gasteiger partial charge on any atom is -0.452 e. The van der Waals surface area contributed by atoms with Gasteiger partial charge in [0.05, 0.1) is 7.11 Å². The van der Waals surface area contributed by atoms with Gasteiger partial charge in [-0.05, 0) is 29.5 Å². The Hall–Kier alpha value is -2.65. The minimum atomic E-state index is -4.05. The Labute approximate surface area is 193 Å². The number of sulfonamides is 1. The molecule has 0 aliphatic rings. The third-order valence-corrected chi connectivity index (χ3v) is 7.89. The number of carbonyl (C=O) groups is 1. The van der Waals surface area contributed by atoms with Crippen LogP contribution in [0.5, 0.6) is 0 Å². The van der Waals surface area contributed by atoms with Crippen LogP contribution in [-0.4, -0.2) is 31.2 Å². The van der Waals surface area contributed by atoms with Crippen molar-refractivity contribution in [1.29, 1.82) is 0 Å². The number of thiophene rings is 1. The van der Waals surface area contributed by atoms with Gasteiger partial charge in [0, 0.05) is 35.3 Å². The molecule has 2 aromatic heterocycles. The maximum atomic E-state index is 12.9. The third-order valence-electron chi connectivity index (χ3n) is 4.89. The van der Waals surface area contributed by atoms with E-state index in [2.05, 4.69) is 42.0 Å². The summed E-state index contributed by atoms with van der Waals surface area (Å²) in [4.78, 5) is 17.0. The van der Waals surface area contributed by atoms with Gasteiger partial charge in [0.15, 0.2) is 0 Å². The van der Waals surface area contributed by atoms with E-state index in [4.69, 9.17) is 0 Å². The predicted octanol–water partition coefficient (Wildman–Crippen LogP) is 5.03. The molecular weight excluding hydrogens is 446 g/mol. The normalized spacial score (nSPS) is 11.8. The zero-order valence-electron chi connectivity index (χ0n) is 19.0. The molecular formula is C23H29N3O4S2. The summed E-state index contributed by atoms with van der Waals surface area (Å²) in [6.45, 7) is 9.06. The number of aromatic nitrogens is 2. The smallest absolute Gasteiger partial charge is 0.420 e. The first kappa shape index (κ1) is 24.0. The lowest BCUT2D eigenvalue weighted by Crippen LogP contribution is -2.30. The second kappa shape index (κ2) is 9.87. The molecule has 0 atom stereocenters. The Morgan fingerprint density at radius 1 is 1.19 bits per heavy atom. The van der Waals surface area contributed by atoms with Gasteiger partial charge in [0.25, 0.3) is 10.0 Å². The van der Waals surface area contributed by atoms with Gasteiger partial charge in [0.2, 0.25) is 0 Å². The minimum absolute atomic E-state index is 0.114. The summed E-state index contributed by atoms with van der Waals surface area (Å²) in [7, 11) is -2.92. The van der Waals surface area contributed by atoms with Gasteiger partial charge in [-0.3, -0.25) is 0 Å². The van der Waals surface area contributed by atoms with E-state index in [1.807, 2.05) is 41.3 Å². The molecule has 0 saturated heterocycles. The standard InChI is InChI=1S/C23H29N3O4S2/c1-15(2)12-19-13-20(22(31-19)32(28,29)25-23(27)30-5)18-8-6-17(7-9-18)14-26-11-10-24-21(26)16(3)4/h6-11,13,15-16H,12,14H2,1-5H3,(H,25,27). The molecule has 0 saturated carbocycles. The summed E-state index contributed by atoms with van der Waals surface area (Å²) in [6, 6.07) is 9.71. The van der Waals surface area contributed by atoms with E-state index in [1.54, 1.807) is 6.20 Å². The number of rotatable bonds is 8. The lowest BCUT2D eigenvalue weighted by Gasteiger charge is -2.11. The highest BCUT2D eigenvalue weighted by Gasteiger charge is 2.26. The summed E-state index contributed by atoms with van der Waals surface area (Å²) in [5.74, 6) is 1.72. The van der Waals surface area contributed by atoms with E-state index in [-0.39, 0.29) is 4.21 Å². The van der Waals surface area contributed by atoms with Gasteiger partial charge in [0.1, 0.15) is 10.0 Å². The molecule has 7 nitrogen and oxygen atoms in total. The largest absolute Gasteiger partial charge is 0.452 e. The maximum absolute atomic E-state index is 12.9. The molecule has 3 rings (SSSR count). The summed E-state index contributed by atoms with van der Waals surface area (Å²) in [5, 5.41) is 0. The van der Waals surface area contributed by atoms with E-state index in [9.17, 15) is 13.2 Å². The number of nitrogens with zero attached hydrogens (tertiary/aromatic N) is 2. The fraction of sp³-hybridized carbons (Fsp3) is 0.391. The fourth-order valence-corrected chi connectivity index (χ4v) is 6.33. The highest BCUT2D eigenvalue weighted by molar-refractivity contribution is 7.92. The van der Waals surface area contributed by atoms with Crippen LogP contribution in [0.15, 0.2) is 46.9 Å². The average molecular weight is 476 g/mol. The molecule has 0 unspecified atom stereocenters. The van der Waals surface area contributed by atoms with Gasteiger partial charge >= 0.3 is 6.09 Å². The zero-order chi connectivity index (χ0) is 23.5. The monoisotopic (exact) mass is 475 g/mol. The number of ether oxygens (including phenoxy) is 1. The molecule has 32 heavy (non-hydrogen) atoms. The van der Waals surface area contributed by atoms with E-state index in [0.717, 1.165) is 35.4 Å². The highest BCUT2D eigenvalue weighted by Crippen LogP contribution is 2.36. The first-order chi connectivity index (χ1) is 15.1. The van der Waals surface area contributed by atoms with Crippen molar-refractivity contribution in [2.75, 3.05) is 7.11 Å². The molecule has 3 aromatic rings. The molecule has 2 heterocycles. The van der Waals surface area contributed by atoms with Crippen LogP contribution in [0.2, 0.25) is 0 Å². The summed E-state index contributed by atoms with van der Waals surface area (Å²) < 4.78 is 34.4. The lowest BCUT2D eigenvalue weighted by molar-refractivity contribution is 0.177. The molecule has 0 aliphatic heterocycles. The van der Waals surface area contributed by atoms with Crippen LogP contribution in [0, 0.1) is 5.92 Å². The number of nitrogens with one attached hydrogen (secondary N) is 1. The zero-order valence-corrected chi connectivity index (χ0v) is 20.6. The second-order valence-corrected chi connectivity index (χ2v) is 11.4. The Balaban J connectivity index is 1.94. The Kier molecular flexibility index (Phi) is 7.40. The molecule has 0 bridgehead atoms. The SMILES string of the molecule is COC(=O)NS(=O)(=O)c1sc(CC(C)C)cc1-c1ccc(Cn2ccnc2C(C)C)cc1. The molecule has 0 aliphatic carbocycles. The van der Waals surface area contributed by atoms with Gasteiger partial charge in [-0.1, -0.05) is 52.0 Å². The van der Waals surface area contributed by atoms with Crippen LogP contribution in [0.4, 0.5) is 4.79 Å². The van der Waals surface area contributed by atoms with E-state index >= 15 is 0 Å². The van der Waals surface area contributed by atoms with Gasteiger partial charge in [-0.15, -0.1) is 11.3 Å². The number of methoxy groups -OCH3 is 1. The van der Waals surface area contributed by atoms with Crippen LogP contribution in [0.25, 0.3) is 11.1 Å². The van der Waals surface area contributed by atoms with Crippen LogP contribution < -0.4 is 4.72 Å². The molecule has 1 amide bonds. The van der Waals surface area contributed by atoms with Crippen LogP contribution >= 0.6 is 11.3 Å². The predicted molar refractivity (Wildman–Crippen MR) is 126 cm³/mol. The molecule has 172 valence electrons. The number of benzene rings is 1. The third kappa shape index (κ3) is 5.58. The van der Waals surface area contributed by atoms with Crippen LogP contribution in [0.1, 0.15) is 49.9 Å². The number of carbonyl (C=O) groups excluding carboxylic acids is 1. The van der Waals surface area contributed by atoms with Gasteiger partial charge in [-0.25, -0.2) is 22.9 Å². The van der Waals surface area contributed by atoms with E-state index in [0.29, 0.717) is 23.9 Å². The Bertz CT molecular complexity index is 1180. The maximum Gasteiger partial charge on any atom is 0.420 e. The lowest BCUT2D eigenvalue weighted by atomic mass is 10.0.